The first-order valence-electron chi connectivity index (χ1n) is 8.77. The normalized spacial score (nSPS) is 32.4. The van der Waals surface area contributed by atoms with Gasteiger partial charge in [-0.2, -0.15) is 17.0 Å². The first-order valence-corrected chi connectivity index (χ1v) is 10.2. The lowest BCUT2D eigenvalue weighted by Gasteiger charge is -2.31. The van der Waals surface area contributed by atoms with E-state index in [0.717, 1.165) is 52.1 Å². The zero-order valence-electron chi connectivity index (χ0n) is 13.8. The average molecular weight is 347 g/mol. The van der Waals surface area contributed by atoms with Crippen molar-refractivity contribution in [3.63, 3.8) is 0 Å². The molecule has 3 heterocycles. The second kappa shape index (κ2) is 7.76. The summed E-state index contributed by atoms with van der Waals surface area (Å²) in [4.78, 5) is 2.33. The van der Waals surface area contributed by atoms with E-state index in [0.29, 0.717) is 26.2 Å². The summed E-state index contributed by atoms with van der Waals surface area (Å²) in [6, 6.07) is 0. The predicted molar refractivity (Wildman–Crippen MR) is 87.2 cm³/mol. The van der Waals surface area contributed by atoms with Gasteiger partial charge in [-0.1, -0.05) is 6.42 Å². The van der Waals surface area contributed by atoms with Crippen LogP contribution in [-0.4, -0.2) is 92.7 Å². The van der Waals surface area contributed by atoms with Crippen LogP contribution in [0.3, 0.4) is 0 Å². The third kappa shape index (κ3) is 4.05. The number of aliphatic hydroxyl groups excluding tert-OH is 1. The van der Waals surface area contributed by atoms with E-state index in [4.69, 9.17) is 4.74 Å². The monoisotopic (exact) mass is 347 g/mol. The average Bonchev–Trinajstić information content (AvgIpc) is 3.00. The van der Waals surface area contributed by atoms with Gasteiger partial charge in [-0.25, -0.2) is 0 Å². The molecule has 3 saturated heterocycles. The van der Waals surface area contributed by atoms with Crippen LogP contribution in [0.5, 0.6) is 0 Å². The van der Waals surface area contributed by atoms with Gasteiger partial charge in [0.05, 0.1) is 13.2 Å². The number of hydrogen-bond acceptors (Lipinski definition) is 5. The van der Waals surface area contributed by atoms with Gasteiger partial charge in [-0.3, -0.25) is 4.90 Å². The molecule has 7 nitrogen and oxygen atoms in total. The van der Waals surface area contributed by atoms with E-state index in [1.807, 2.05) is 0 Å². The molecule has 0 saturated carbocycles. The number of ether oxygens (including phenoxy) is 1. The van der Waals surface area contributed by atoms with Crippen molar-refractivity contribution in [2.24, 2.45) is 11.8 Å². The fourth-order valence-electron chi connectivity index (χ4n) is 3.87. The Labute approximate surface area is 139 Å². The molecule has 3 rings (SSSR count). The Morgan fingerprint density at radius 3 is 2.22 bits per heavy atom. The first-order chi connectivity index (χ1) is 11.1. The summed E-state index contributed by atoms with van der Waals surface area (Å²) in [6.07, 6.45) is 3.02. The SMILES string of the molecule is O=S(=O)(N1CCCCC1)N1C[C@@H](CO)[C@@H](CN2CCOCC2)C1. The highest BCUT2D eigenvalue weighted by molar-refractivity contribution is 7.86. The van der Waals surface area contributed by atoms with E-state index in [2.05, 4.69) is 4.90 Å². The highest BCUT2D eigenvalue weighted by atomic mass is 32.2. The summed E-state index contributed by atoms with van der Waals surface area (Å²) in [5.74, 6) is 0.245. The van der Waals surface area contributed by atoms with Crippen LogP contribution in [0.4, 0.5) is 0 Å². The van der Waals surface area contributed by atoms with Gasteiger partial charge < -0.3 is 9.84 Å². The number of nitrogens with zero attached hydrogens (tertiary/aromatic N) is 3. The number of aliphatic hydroxyl groups is 1. The Morgan fingerprint density at radius 1 is 0.913 bits per heavy atom. The van der Waals surface area contributed by atoms with E-state index < -0.39 is 10.2 Å². The molecule has 8 heteroatoms. The lowest BCUT2D eigenvalue weighted by Crippen LogP contribution is -2.45. The predicted octanol–water partition coefficient (Wildman–Crippen LogP) is -0.410. The van der Waals surface area contributed by atoms with Gasteiger partial charge in [0.2, 0.25) is 0 Å². The van der Waals surface area contributed by atoms with Gasteiger partial charge in [0.15, 0.2) is 0 Å². The number of morpholine rings is 1. The van der Waals surface area contributed by atoms with Crippen molar-refractivity contribution in [2.75, 3.05) is 65.6 Å². The van der Waals surface area contributed by atoms with Crippen LogP contribution < -0.4 is 0 Å². The molecule has 0 radical (unpaired) electrons. The van der Waals surface area contributed by atoms with E-state index in [9.17, 15) is 13.5 Å². The molecule has 0 bridgehead atoms. The molecule has 23 heavy (non-hydrogen) atoms. The van der Waals surface area contributed by atoms with Gasteiger partial charge in [0, 0.05) is 58.3 Å². The van der Waals surface area contributed by atoms with Crippen molar-refractivity contribution in [3.8, 4) is 0 Å². The lowest BCUT2D eigenvalue weighted by molar-refractivity contribution is 0.0266. The van der Waals surface area contributed by atoms with E-state index in [1.165, 1.54) is 0 Å². The molecule has 3 aliphatic heterocycles. The third-order valence-electron chi connectivity index (χ3n) is 5.34. The third-order valence-corrected chi connectivity index (χ3v) is 7.31. The first kappa shape index (κ1) is 17.6. The minimum absolute atomic E-state index is 0.0393. The molecule has 0 spiro atoms. The van der Waals surface area contributed by atoms with Gasteiger partial charge in [-0.15, -0.1) is 0 Å². The van der Waals surface area contributed by atoms with Gasteiger partial charge in [0.25, 0.3) is 10.2 Å². The Kier molecular flexibility index (Phi) is 5.92. The zero-order chi connectivity index (χ0) is 16.3. The molecule has 1 N–H and O–H groups in total. The fraction of sp³-hybridized carbons (Fsp3) is 1.00. The Bertz CT molecular complexity index is 475. The zero-order valence-corrected chi connectivity index (χ0v) is 14.6. The second-order valence-electron chi connectivity index (χ2n) is 6.90. The van der Waals surface area contributed by atoms with Crippen molar-refractivity contribution >= 4 is 10.2 Å². The highest BCUT2D eigenvalue weighted by Crippen LogP contribution is 2.29. The molecule has 134 valence electrons. The van der Waals surface area contributed by atoms with Crippen LogP contribution in [0.25, 0.3) is 0 Å². The molecule has 0 amide bonds. The minimum atomic E-state index is -3.37. The molecule has 0 aliphatic carbocycles. The molecule has 0 aromatic heterocycles. The largest absolute Gasteiger partial charge is 0.396 e. The topological polar surface area (TPSA) is 73.3 Å². The molecule has 0 aromatic carbocycles. The minimum Gasteiger partial charge on any atom is -0.396 e. The van der Waals surface area contributed by atoms with E-state index in [-0.39, 0.29) is 18.4 Å². The standard InChI is InChI=1S/C15H29N3O4S/c19-13-15-12-18(23(20,21)17-4-2-1-3-5-17)11-14(15)10-16-6-8-22-9-7-16/h14-15,19H,1-13H2/t14-,15-/m0/s1. The van der Waals surface area contributed by atoms with Crippen LogP contribution >= 0.6 is 0 Å². The second-order valence-corrected chi connectivity index (χ2v) is 8.83. The summed E-state index contributed by atoms with van der Waals surface area (Å²) in [6.45, 7) is 6.43. The molecule has 3 aliphatic rings. The van der Waals surface area contributed by atoms with Crippen LogP contribution in [0.1, 0.15) is 19.3 Å². The van der Waals surface area contributed by atoms with E-state index >= 15 is 0 Å². The van der Waals surface area contributed by atoms with Crippen molar-refractivity contribution in [1.82, 2.24) is 13.5 Å². The van der Waals surface area contributed by atoms with Gasteiger partial charge >= 0.3 is 0 Å². The van der Waals surface area contributed by atoms with E-state index in [1.54, 1.807) is 8.61 Å². The van der Waals surface area contributed by atoms with Crippen molar-refractivity contribution in [3.05, 3.63) is 0 Å². The molecular formula is C15H29N3O4S. The van der Waals surface area contributed by atoms with Crippen LogP contribution in [0, 0.1) is 11.8 Å². The molecule has 0 aromatic rings. The highest BCUT2D eigenvalue weighted by Gasteiger charge is 2.41. The summed E-state index contributed by atoms with van der Waals surface area (Å²) in [7, 11) is -3.37. The van der Waals surface area contributed by atoms with Crippen LogP contribution in [0.15, 0.2) is 0 Å². The maximum Gasteiger partial charge on any atom is 0.281 e. The van der Waals surface area contributed by atoms with Crippen molar-refractivity contribution < 1.29 is 18.3 Å². The smallest absolute Gasteiger partial charge is 0.281 e. The number of hydrogen-bond donors (Lipinski definition) is 1. The summed E-state index contributed by atoms with van der Waals surface area (Å²) < 4.78 is 34.2. The maximum atomic E-state index is 12.8. The molecule has 3 fully saturated rings. The Hall–Kier alpha value is -0.250. The van der Waals surface area contributed by atoms with Crippen LogP contribution in [-0.2, 0) is 14.9 Å². The number of piperidine rings is 1. The van der Waals surface area contributed by atoms with Crippen molar-refractivity contribution in [1.29, 1.82) is 0 Å². The molecule has 2 atom stereocenters. The quantitative estimate of drug-likeness (QED) is 0.732. The Balaban J connectivity index is 1.62. The van der Waals surface area contributed by atoms with Crippen LogP contribution in [0.2, 0.25) is 0 Å². The lowest BCUT2D eigenvalue weighted by atomic mass is 9.96. The number of rotatable bonds is 5. The summed E-state index contributed by atoms with van der Waals surface area (Å²) in [5.41, 5.74) is 0. The fourth-order valence-corrected chi connectivity index (χ4v) is 5.68. The Morgan fingerprint density at radius 2 is 1.57 bits per heavy atom. The van der Waals surface area contributed by atoms with Gasteiger partial charge in [0.1, 0.15) is 0 Å². The molecule has 0 unspecified atom stereocenters. The maximum absolute atomic E-state index is 12.8. The summed E-state index contributed by atoms with van der Waals surface area (Å²) in [5, 5.41) is 9.68. The van der Waals surface area contributed by atoms with Gasteiger partial charge in [-0.05, 0) is 18.8 Å². The summed E-state index contributed by atoms with van der Waals surface area (Å²) >= 11 is 0. The molecular weight excluding hydrogens is 318 g/mol. The van der Waals surface area contributed by atoms with Crippen molar-refractivity contribution in [2.45, 2.75) is 19.3 Å².